The Labute approximate surface area is 153 Å². The Morgan fingerprint density at radius 1 is 1.22 bits per heavy atom. The lowest BCUT2D eigenvalue weighted by molar-refractivity contribution is -0.124. The van der Waals surface area contributed by atoms with Crippen LogP contribution < -0.4 is 5.32 Å². The molecule has 0 bridgehead atoms. The maximum absolute atomic E-state index is 13.0. The summed E-state index contributed by atoms with van der Waals surface area (Å²) in [5.74, 6) is -0.238. The summed E-state index contributed by atoms with van der Waals surface area (Å²) < 4.78 is 27.7. The number of halogens is 3. The molecule has 1 amide bonds. The lowest BCUT2D eigenvalue weighted by Gasteiger charge is -2.24. The van der Waals surface area contributed by atoms with Gasteiger partial charge in [0.25, 0.3) is 0 Å². The Hall–Kier alpha value is -0.340. The summed E-state index contributed by atoms with van der Waals surface area (Å²) in [6.45, 7) is 0.286. The molecule has 1 atom stereocenters. The van der Waals surface area contributed by atoms with E-state index in [9.17, 15) is 13.2 Å². The highest BCUT2D eigenvalue weighted by Crippen LogP contribution is 2.37. The molecule has 0 aromatic heterocycles. The number of hydrogen-bond acceptors (Lipinski definition) is 3. The molecular weight excluding hydrogens is 427 g/mol. The van der Waals surface area contributed by atoms with Gasteiger partial charge in [-0.3, -0.25) is 4.79 Å². The van der Waals surface area contributed by atoms with Crippen molar-refractivity contribution in [2.45, 2.75) is 42.7 Å². The van der Waals surface area contributed by atoms with E-state index >= 15 is 0 Å². The molecule has 5 nitrogen and oxygen atoms in total. The van der Waals surface area contributed by atoms with Gasteiger partial charge in [-0.2, -0.15) is 4.31 Å². The van der Waals surface area contributed by atoms with Gasteiger partial charge in [-0.25, -0.2) is 8.42 Å². The zero-order valence-electron chi connectivity index (χ0n) is 12.1. The molecule has 126 valence electrons. The minimum absolute atomic E-state index is 0.0395. The molecule has 3 rings (SSSR count). The molecule has 1 saturated heterocycles. The molecule has 1 aliphatic heterocycles. The smallest absolute Gasteiger partial charge is 0.246 e. The van der Waals surface area contributed by atoms with Crippen LogP contribution in [0.15, 0.2) is 21.5 Å². The molecule has 1 aromatic carbocycles. The predicted molar refractivity (Wildman–Crippen MR) is 92.2 cm³/mol. The third-order valence-corrected chi connectivity index (χ3v) is 7.25. The lowest BCUT2D eigenvalue weighted by atomic mass is 10.2. The molecule has 2 aliphatic rings. The van der Waals surface area contributed by atoms with E-state index in [4.69, 9.17) is 23.2 Å². The van der Waals surface area contributed by atoms with E-state index in [1.54, 1.807) is 0 Å². The number of carbonyl (C=O) groups is 1. The number of carbonyl (C=O) groups excluding carboxylic acids is 1. The van der Waals surface area contributed by atoms with Gasteiger partial charge in [-0.1, -0.05) is 39.1 Å². The Morgan fingerprint density at radius 3 is 2.39 bits per heavy atom. The van der Waals surface area contributed by atoms with Gasteiger partial charge in [0.2, 0.25) is 15.9 Å². The fourth-order valence-corrected chi connectivity index (χ4v) is 6.25. The van der Waals surface area contributed by atoms with Crippen LogP contribution in [0.3, 0.4) is 0 Å². The van der Waals surface area contributed by atoms with Crippen LogP contribution in [0.1, 0.15) is 25.7 Å². The fraction of sp³-hybridized carbons (Fsp3) is 0.500. The van der Waals surface area contributed by atoms with Crippen molar-refractivity contribution >= 4 is 55.1 Å². The van der Waals surface area contributed by atoms with Gasteiger partial charge in [0.15, 0.2) is 0 Å². The minimum Gasteiger partial charge on any atom is -0.352 e. The topological polar surface area (TPSA) is 66.5 Å². The van der Waals surface area contributed by atoms with Gasteiger partial charge in [0.1, 0.15) is 10.9 Å². The van der Waals surface area contributed by atoms with E-state index in [1.165, 1.54) is 16.4 Å². The third kappa shape index (κ3) is 3.54. The van der Waals surface area contributed by atoms with Crippen LogP contribution in [0.5, 0.6) is 0 Å². The second kappa shape index (κ2) is 6.52. The largest absolute Gasteiger partial charge is 0.352 e. The van der Waals surface area contributed by atoms with Gasteiger partial charge in [-0.15, -0.1) is 0 Å². The summed E-state index contributed by atoms with van der Waals surface area (Å²) in [5.41, 5.74) is 0. The van der Waals surface area contributed by atoms with Gasteiger partial charge in [-0.05, 0) is 37.8 Å². The second-order valence-corrected chi connectivity index (χ2v) is 9.31. The molecule has 2 fully saturated rings. The summed E-state index contributed by atoms with van der Waals surface area (Å²) in [4.78, 5) is 12.2. The number of benzene rings is 1. The lowest BCUT2D eigenvalue weighted by Crippen LogP contribution is -2.46. The molecule has 9 heteroatoms. The standard InChI is InChI=1S/C14H15BrCl2N2O3S/c15-8-6-10(16)13(11(17)7-8)23(21,22)19-5-1-2-12(19)14(20)18-9-3-4-9/h6-7,9,12H,1-5H2,(H,18,20). The number of sulfonamides is 1. The molecule has 1 N–H and O–H groups in total. The number of nitrogens with zero attached hydrogens (tertiary/aromatic N) is 1. The van der Waals surface area contributed by atoms with Gasteiger partial charge < -0.3 is 5.32 Å². The van der Waals surface area contributed by atoms with E-state index in [1.807, 2.05) is 0 Å². The number of rotatable bonds is 4. The molecule has 1 aromatic rings. The molecule has 23 heavy (non-hydrogen) atoms. The van der Waals surface area contributed by atoms with Crippen LogP contribution in [0.4, 0.5) is 0 Å². The van der Waals surface area contributed by atoms with Gasteiger partial charge in [0.05, 0.1) is 10.0 Å². The monoisotopic (exact) mass is 440 g/mol. The Balaban J connectivity index is 1.93. The minimum atomic E-state index is -3.94. The van der Waals surface area contributed by atoms with Crippen LogP contribution in [0.2, 0.25) is 10.0 Å². The first-order chi connectivity index (χ1) is 10.8. The quantitative estimate of drug-likeness (QED) is 0.780. The van der Waals surface area contributed by atoms with Crippen molar-refractivity contribution in [3.05, 3.63) is 26.7 Å². The molecule has 1 aliphatic carbocycles. The first kappa shape index (κ1) is 17.5. The van der Waals surface area contributed by atoms with E-state index < -0.39 is 16.1 Å². The average molecular weight is 442 g/mol. The van der Waals surface area contributed by atoms with Crippen molar-refractivity contribution in [1.29, 1.82) is 0 Å². The molecule has 0 spiro atoms. The normalized spacial score (nSPS) is 22.3. The van der Waals surface area contributed by atoms with Crippen molar-refractivity contribution in [2.75, 3.05) is 6.54 Å². The van der Waals surface area contributed by atoms with Crippen molar-refractivity contribution in [3.8, 4) is 0 Å². The highest BCUT2D eigenvalue weighted by Gasteiger charge is 2.42. The van der Waals surface area contributed by atoms with Crippen molar-refractivity contribution in [1.82, 2.24) is 9.62 Å². The molecule has 1 heterocycles. The Bertz CT molecular complexity index is 729. The van der Waals surface area contributed by atoms with Crippen molar-refractivity contribution in [2.24, 2.45) is 0 Å². The van der Waals surface area contributed by atoms with Gasteiger partial charge in [0, 0.05) is 17.1 Å². The second-order valence-electron chi connectivity index (χ2n) is 5.76. The average Bonchev–Trinajstić information content (AvgIpc) is 3.09. The highest BCUT2D eigenvalue weighted by atomic mass is 79.9. The van der Waals surface area contributed by atoms with Crippen LogP contribution in [-0.2, 0) is 14.8 Å². The molecule has 1 unspecified atom stereocenters. The van der Waals surface area contributed by atoms with E-state index in [0.717, 1.165) is 12.8 Å². The first-order valence-corrected chi connectivity index (χ1v) is 10.3. The number of nitrogens with one attached hydrogen (secondary N) is 1. The third-order valence-electron chi connectivity index (χ3n) is 3.96. The zero-order valence-corrected chi connectivity index (χ0v) is 16.0. The van der Waals surface area contributed by atoms with E-state index in [-0.39, 0.29) is 33.4 Å². The zero-order chi connectivity index (χ0) is 16.8. The van der Waals surface area contributed by atoms with E-state index in [0.29, 0.717) is 17.3 Å². The van der Waals surface area contributed by atoms with E-state index in [2.05, 4.69) is 21.2 Å². The summed E-state index contributed by atoms with van der Waals surface area (Å²) in [7, 11) is -3.94. The first-order valence-electron chi connectivity index (χ1n) is 7.27. The highest BCUT2D eigenvalue weighted by molar-refractivity contribution is 9.10. The molecular formula is C14H15BrCl2N2O3S. The maximum atomic E-state index is 13.0. The molecule has 1 saturated carbocycles. The van der Waals surface area contributed by atoms with Gasteiger partial charge >= 0.3 is 0 Å². The SMILES string of the molecule is O=C(NC1CC1)C1CCCN1S(=O)(=O)c1c(Cl)cc(Br)cc1Cl. The van der Waals surface area contributed by atoms with Crippen molar-refractivity contribution in [3.63, 3.8) is 0 Å². The summed E-state index contributed by atoms with van der Waals surface area (Å²) >= 11 is 15.4. The summed E-state index contributed by atoms with van der Waals surface area (Å²) in [6.07, 6.45) is 3.04. The Kier molecular flexibility index (Phi) is 4.95. The maximum Gasteiger partial charge on any atom is 0.246 e. The number of hydrogen-bond donors (Lipinski definition) is 1. The Morgan fingerprint density at radius 2 is 1.83 bits per heavy atom. The van der Waals surface area contributed by atoms with Crippen LogP contribution in [0.25, 0.3) is 0 Å². The predicted octanol–water partition coefficient (Wildman–Crippen LogP) is 3.19. The van der Waals surface area contributed by atoms with Crippen LogP contribution in [-0.4, -0.2) is 37.3 Å². The fourth-order valence-electron chi connectivity index (χ4n) is 2.71. The number of amides is 1. The van der Waals surface area contributed by atoms with Crippen molar-refractivity contribution < 1.29 is 13.2 Å². The summed E-state index contributed by atoms with van der Waals surface area (Å²) in [6, 6.07) is 2.45. The molecule has 0 radical (unpaired) electrons. The van der Waals surface area contributed by atoms with Crippen LogP contribution in [0, 0.1) is 0 Å². The van der Waals surface area contributed by atoms with Crippen LogP contribution >= 0.6 is 39.1 Å². The summed E-state index contributed by atoms with van der Waals surface area (Å²) in [5, 5.41) is 2.95.